The van der Waals surface area contributed by atoms with Gasteiger partial charge in [-0.2, -0.15) is 0 Å². The summed E-state index contributed by atoms with van der Waals surface area (Å²) in [5, 5.41) is 6.38. The van der Waals surface area contributed by atoms with E-state index in [-0.39, 0.29) is 0 Å². The van der Waals surface area contributed by atoms with Crippen molar-refractivity contribution < 1.29 is 0 Å². The van der Waals surface area contributed by atoms with E-state index < -0.39 is 0 Å². The number of nitrogens with one attached hydrogen (secondary N) is 1. The highest BCUT2D eigenvalue weighted by Gasteiger charge is 2.39. The highest BCUT2D eigenvalue weighted by Crippen LogP contribution is 2.41. The molecule has 3 aromatic rings. The summed E-state index contributed by atoms with van der Waals surface area (Å²) in [4.78, 5) is 11.9. The van der Waals surface area contributed by atoms with E-state index in [1.165, 1.54) is 34.7 Å². The van der Waals surface area contributed by atoms with Crippen LogP contribution in [0.2, 0.25) is 0 Å². The first-order chi connectivity index (χ1) is 13.8. The topological polar surface area (TPSA) is 40.5 Å². The smallest absolute Gasteiger partial charge is 0.183 e. The molecule has 1 aliphatic carbocycles. The van der Waals surface area contributed by atoms with E-state index in [9.17, 15) is 0 Å². The number of thiazole rings is 1. The molecule has 2 atom stereocenters. The number of aliphatic imine (C=N–C) groups is 1. The van der Waals surface area contributed by atoms with Crippen LogP contribution in [-0.2, 0) is 6.42 Å². The molecule has 2 aromatic carbocycles. The Hall–Kier alpha value is -2.05. The molecule has 1 unspecified atom stereocenters. The van der Waals surface area contributed by atoms with Crippen LogP contribution in [0.1, 0.15) is 24.8 Å². The molecule has 0 amide bonds. The minimum Gasteiger partial charge on any atom is -0.361 e. The summed E-state index contributed by atoms with van der Waals surface area (Å²) in [5.74, 6) is 0. The van der Waals surface area contributed by atoms with Crippen molar-refractivity contribution in [3.63, 3.8) is 0 Å². The summed E-state index contributed by atoms with van der Waals surface area (Å²) in [5.41, 5.74) is 3.44. The molecule has 1 aliphatic heterocycles. The van der Waals surface area contributed by atoms with Gasteiger partial charge in [-0.25, -0.2) is 9.98 Å². The number of rotatable bonds is 5. The highest BCUT2D eigenvalue weighted by molar-refractivity contribution is 8.14. The Bertz CT molecular complexity index is 962. The fourth-order valence-electron chi connectivity index (χ4n) is 4.06. The minimum atomic E-state index is 0.691. The molecule has 0 bridgehead atoms. The molecule has 0 spiro atoms. The Balaban J connectivity index is 1.18. The molecular formula is C22H24N4S2. The van der Waals surface area contributed by atoms with Crippen molar-refractivity contribution in [3.8, 4) is 0 Å². The van der Waals surface area contributed by atoms with Crippen LogP contribution in [0.15, 0.2) is 53.5 Å². The van der Waals surface area contributed by atoms with Gasteiger partial charge < -0.3 is 10.2 Å². The SMILES string of the molecule is CN1/C(=N/c2ccc(CCNc3nc4ccccc4s3)cc2)SC2CCC[C@H]21. The molecule has 2 heterocycles. The van der Waals surface area contributed by atoms with Gasteiger partial charge in [-0.1, -0.05) is 53.8 Å². The van der Waals surface area contributed by atoms with E-state index >= 15 is 0 Å². The van der Waals surface area contributed by atoms with Crippen molar-refractivity contribution in [2.75, 3.05) is 18.9 Å². The van der Waals surface area contributed by atoms with E-state index in [1.807, 2.05) is 17.8 Å². The molecule has 2 fully saturated rings. The van der Waals surface area contributed by atoms with E-state index in [0.717, 1.165) is 34.6 Å². The Kier molecular flexibility index (Phi) is 4.99. The number of anilines is 1. The van der Waals surface area contributed by atoms with Crippen LogP contribution in [-0.4, -0.2) is 39.9 Å². The summed E-state index contributed by atoms with van der Waals surface area (Å²) in [7, 11) is 2.20. The third-order valence-electron chi connectivity index (χ3n) is 5.62. The van der Waals surface area contributed by atoms with E-state index in [4.69, 9.17) is 4.99 Å². The summed E-state index contributed by atoms with van der Waals surface area (Å²) < 4.78 is 1.23. The second kappa shape index (κ2) is 7.76. The number of hydrogen-bond acceptors (Lipinski definition) is 5. The van der Waals surface area contributed by atoms with Gasteiger partial charge in [-0.3, -0.25) is 0 Å². The van der Waals surface area contributed by atoms with Crippen LogP contribution in [0.3, 0.4) is 0 Å². The molecule has 4 nitrogen and oxygen atoms in total. The largest absolute Gasteiger partial charge is 0.361 e. The molecule has 144 valence electrons. The highest BCUT2D eigenvalue weighted by atomic mass is 32.2. The predicted molar refractivity (Wildman–Crippen MR) is 122 cm³/mol. The lowest BCUT2D eigenvalue weighted by Gasteiger charge is -2.19. The number of fused-ring (bicyclic) bond motifs is 2. The Labute approximate surface area is 174 Å². The van der Waals surface area contributed by atoms with Gasteiger partial charge in [0, 0.05) is 24.9 Å². The maximum atomic E-state index is 4.90. The van der Waals surface area contributed by atoms with Crippen molar-refractivity contribution in [3.05, 3.63) is 54.1 Å². The van der Waals surface area contributed by atoms with Crippen LogP contribution >= 0.6 is 23.1 Å². The van der Waals surface area contributed by atoms with Gasteiger partial charge in [0.2, 0.25) is 0 Å². The second-order valence-corrected chi connectivity index (χ2v) is 9.73. The summed E-state index contributed by atoms with van der Waals surface area (Å²) in [6, 6.07) is 17.6. The Morgan fingerprint density at radius 2 is 2.00 bits per heavy atom. The molecule has 6 heteroatoms. The first-order valence-corrected chi connectivity index (χ1v) is 11.6. The van der Waals surface area contributed by atoms with Crippen molar-refractivity contribution in [1.82, 2.24) is 9.88 Å². The predicted octanol–water partition coefficient (Wildman–Crippen LogP) is 5.54. The van der Waals surface area contributed by atoms with Crippen molar-refractivity contribution in [2.45, 2.75) is 37.0 Å². The molecule has 1 saturated heterocycles. The fraction of sp³-hybridized carbons (Fsp3) is 0.364. The lowest BCUT2D eigenvalue weighted by Crippen LogP contribution is -2.30. The molecular weight excluding hydrogens is 384 g/mol. The maximum Gasteiger partial charge on any atom is 0.183 e. The van der Waals surface area contributed by atoms with Gasteiger partial charge in [0.25, 0.3) is 0 Å². The molecule has 1 N–H and O–H groups in total. The lowest BCUT2D eigenvalue weighted by atomic mass is 10.1. The number of nitrogens with zero attached hydrogens (tertiary/aromatic N) is 3. The zero-order valence-corrected chi connectivity index (χ0v) is 17.6. The van der Waals surface area contributed by atoms with Gasteiger partial charge in [0.15, 0.2) is 10.3 Å². The quantitative estimate of drug-likeness (QED) is 0.602. The van der Waals surface area contributed by atoms with Crippen LogP contribution in [0.25, 0.3) is 10.2 Å². The monoisotopic (exact) mass is 408 g/mol. The van der Waals surface area contributed by atoms with Gasteiger partial charge in [0.1, 0.15) is 0 Å². The molecule has 1 aromatic heterocycles. The number of benzene rings is 2. The van der Waals surface area contributed by atoms with Gasteiger partial charge in [0.05, 0.1) is 15.9 Å². The van der Waals surface area contributed by atoms with Gasteiger partial charge in [-0.15, -0.1) is 0 Å². The maximum absolute atomic E-state index is 4.90. The van der Waals surface area contributed by atoms with Crippen molar-refractivity contribution in [2.24, 2.45) is 4.99 Å². The third kappa shape index (κ3) is 3.63. The minimum absolute atomic E-state index is 0.691. The Morgan fingerprint density at radius 3 is 2.82 bits per heavy atom. The number of hydrogen-bond donors (Lipinski definition) is 1. The average molecular weight is 409 g/mol. The normalized spacial score (nSPS) is 22.9. The summed E-state index contributed by atoms with van der Waals surface area (Å²) >= 11 is 3.67. The number of para-hydroxylation sites is 1. The van der Waals surface area contributed by atoms with Crippen LogP contribution in [0, 0.1) is 0 Å². The molecule has 2 aliphatic rings. The number of thioether (sulfide) groups is 1. The summed E-state index contributed by atoms with van der Waals surface area (Å²) in [6.45, 7) is 0.885. The number of amidine groups is 1. The van der Waals surface area contributed by atoms with Crippen molar-refractivity contribution in [1.29, 1.82) is 0 Å². The molecule has 5 rings (SSSR count). The third-order valence-corrected chi connectivity index (χ3v) is 8.06. The van der Waals surface area contributed by atoms with Crippen LogP contribution in [0.4, 0.5) is 10.8 Å². The standard InChI is InChI=1S/C22H24N4S2/c1-26-18-6-4-8-20(18)28-22(26)24-16-11-9-15(10-12-16)13-14-23-21-25-17-5-2-3-7-19(17)27-21/h2-3,5,7,9-12,18,20H,4,6,8,13-14H2,1H3,(H,23,25)/b24-22-/t18-,20?/m1/s1. The van der Waals surface area contributed by atoms with Crippen LogP contribution < -0.4 is 5.32 Å². The lowest BCUT2D eigenvalue weighted by molar-refractivity contribution is 0.397. The average Bonchev–Trinajstić information content (AvgIpc) is 3.40. The van der Waals surface area contributed by atoms with Crippen molar-refractivity contribution >= 4 is 49.3 Å². The first-order valence-electron chi connectivity index (χ1n) is 9.93. The summed E-state index contributed by atoms with van der Waals surface area (Å²) in [6.07, 6.45) is 4.98. The van der Waals surface area contributed by atoms with Gasteiger partial charge >= 0.3 is 0 Å². The van der Waals surface area contributed by atoms with E-state index in [1.54, 1.807) is 11.3 Å². The van der Waals surface area contributed by atoms with Gasteiger partial charge in [-0.05, 0) is 49.1 Å². The second-order valence-electron chi connectivity index (χ2n) is 7.49. The zero-order chi connectivity index (χ0) is 18.9. The van der Waals surface area contributed by atoms with E-state index in [2.05, 4.69) is 64.7 Å². The Morgan fingerprint density at radius 1 is 1.14 bits per heavy atom. The molecule has 28 heavy (non-hydrogen) atoms. The molecule has 1 saturated carbocycles. The fourth-order valence-corrected chi connectivity index (χ4v) is 6.44. The number of aromatic nitrogens is 1. The first kappa shape index (κ1) is 18.0. The molecule has 0 radical (unpaired) electrons. The van der Waals surface area contributed by atoms with Crippen LogP contribution in [0.5, 0.6) is 0 Å². The zero-order valence-electron chi connectivity index (χ0n) is 16.0. The van der Waals surface area contributed by atoms with E-state index in [0.29, 0.717) is 6.04 Å².